The smallest absolute Gasteiger partial charge is 1.00 e. The molecule has 6 heteroatoms. The maximum absolute atomic E-state index is 15.8. The average Bonchev–Trinajstić information content (AvgIpc) is 3.54. The monoisotopic (exact) mass is 872 g/mol. The van der Waals surface area contributed by atoms with Gasteiger partial charge in [-0.3, -0.25) is 0 Å². The van der Waals surface area contributed by atoms with Gasteiger partial charge in [-0.15, -0.1) is 0 Å². The van der Waals surface area contributed by atoms with E-state index >= 15 is 8.78 Å². The molecular formula is C50H46Cl2F2SiZr. The molecule has 0 aromatic heterocycles. The van der Waals surface area contributed by atoms with Crippen molar-refractivity contribution < 1.29 is 54.0 Å². The largest absolute Gasteiger partial charge is 1.00 e. The van der Waals surface area contributed by atoms with Crippen LogP contribution >= 0.6 is 0 Å². The van der Waals surface area contributed by atoms with Crippen molar-refractivity contribution in [1.29, 1.82) is 0 Å². The van der Waals surface area contributed by atoms with E-state index in [0.29, 0.717) is 18.4 Å². The molecule has 0 radical (unpaired) electrons. The third-order valence-electron chi connectivity index (χ3n) is 11.7. The molecule has 4 unspecified atom stereocenters. The van der Waals surface area contributed by atoms with Gasteiger partial charge < -0.3 is 24.8 Å². The van der Waals surface area contributed by atoms with E-state index in [1.54, 1.807) is 23.3 Å². The van der Waals surface area contributed by atoms with E-state index in [2.05, 4.69) is 99.8 Å². The van der Waals surface area contributed by atoms with Crippen molar-refractivity contribution in [1.82, 2.24) is 0 Å². The molecule has 0 aliphatic heterocycles. The fourth-order valence-electron chi connectivity index (χ4n) is 9.09. The van der Waals surface area contributed by atoms with Crippen molar-refractivity contribution in [3.05, 3.63) is 214 Å². The van der Waals surface area contributed by atoms with Crippen LogP contribution in [0.15, 0.2) is 191 Å². The summed E-state index contributed by atoms with van der Waals surface area (Å²) in [6.45, 7) is 9.78. The molecule has 4 aliphatic carbocycles. The van der Waals surface area contributed by atoms with Crippen LogP contribution in [-0.2, 0) is 20.4 Å². The summed E-state index contributed by atoms with van der Waals surface area (Å²) in [7, 11) is 0. The second-order valence-corrected chi connectivity index (χ2v) is 32.8. The fourth-order valence-corrected chi connectivity index (χ4v) is 29.9. The Hall–Kier alpha value is -3.66. The van der Waals surface area contributed by atoms with Gasteiger partial charge >= 0.3 is 330 Å². The molecule has 0 saturated heterocycles. The molecule has 0 saturated carbocycles. The summed E-state index contributed by atoms with van der Waals surface area (Å²) in [5, 5.41) is 0. The summed E-state index contributed by atoms with van der Waals surface area (Å²) >= 11 is -2.44. The summed E-state index contributed by atoms with van der Waals surface area (Å²) in [6.07, 6.45) is 25.1. The molecule has 0 nitrogen and oxygen atoms in total. The molecule has 8 rings (SSSR count). The first kappa shape index (κ1) is 42.0. The van der Waals surface area contributed by atoms with Crippen LogP contribution in [0.1, 0.15) is 49.7 Å². The van der Waals surface area contributed by atoms with Gasteiger partial charge in [0.05, 0.1) is 0 Å². The van der Waals surface area contributed by atoms with E-state index < -0.39 is 25.8 Å². The Balaban J connectivity index is 0.00000266. The Morgan fingerprint density at radius 2 is 0.946 bits per heavy atom. The van der Waals surface area contributed by atoms with Crippen molar-refractivity contribution >= 4 is 5.43 Å². The first-order valence-electron chi connectivity index (χ1n) is 19.3. The summed E-state index contributed by atoms with van der Waals surface area (Å²) in [5.41, 5.74) is 13.1. The number of benzene rings is 4. The molecule has 0 fully saturated rings. The van der Waals surface area contributed by atoms with Crippen LogP contribution in [-0.4, -0.2) is 5.43 Å². The minimum Gasteiger partial charge on any atom is -1.00 e. The first-order chi connectivity index (χ1) is 26.4. The Morgan fingerprint density at radius 1 is 0.536 bits per heavy atom. The molecule has 0 spiro atoms. The van der Waals surface area contributed by atoms with Crippen LogP contribution in [0.5, 0.6) is 0 Å². The Bertz CT molecular complexity index is 2250. The van der Waals surface area contributed by atoms with Crippen molar-refractivity contribution in [2.45, 2.75) is 58.9 Å². The SMILES string of the molecule is CCC1=CC2=C(C=CC=CC2c2ccc(-c3ccccc3)c(F)c2)[CH]1[Zr+2]([CH]1C(CC)=CC2=C1C=CC=CC2c1ccc(-c2ccccc2)c(F)c1)=[Si](C)C.[Cl-].[Cl-]. The Kier molecular flexibility index (Phi) is 13.7. The molecule has 0 heterocycles. The van der Waals surface area contributed by atoms with Gasteiger partial charge in [0.15, 0.2) is 0 Å². The van der Waals surface area contributed by atoms with Gasteiger partial charge in [0.25, 0.3) is 0 Å². The van der Waals surface area contributed by atoms with E-state index in [1.807, 2.05) is 72.8 Å². The van der Waals surface area contributed by atoms with Gasteiger partial charge in [-0.2, -0.15) is 0 Å². The van der Waals surface area contributed by atoms with E-state index in [-0.39, 0.29) is 48.3 Å². The number of hydrogen-bond acceptors (Lipinski definition) is 0. The quantitative estimate of drug-likeness (QED) is 0.157. The van der Waals surface area contributed by atoms with Crippen molar-refractivity contribution in [2.75, 3.05) is 0 Å². The second-order valence-electron chi connectivity index (χ2n) is 14.9. The molecule has 4 aromatic carbocycles. The Morgan fingerprint density at radius 3 is 1.30 bits per heavy atom. The molecule has 0 N–H and O–H groups in total. The zero-order valence-corrected chi connectivity index (χ0v) is 37.2. The van der Waals surface area contributed by atoms with Gasteiger partial charge in [0.2, 0.25) is 0 Å². The van der Waals surface area contributed by atoms with E-state index in [1.165, 1.54) is 22.3 Å². The van der Waals surface area contributed by atoms with Gasteiger partial charge in [0.1, 0.15) is 0 Å². The van der Waals surface area contributed by atoms with Gasteiger partial charge in [-0.05, 0) is 0 Å². The van der Waals surface area contributed by atoms with Crippen molar-refractivity contribution in [2.24, 2.45) is 0 Å². The summed E-state index contributed by atoms with van der Waals surface area (Å²) in [4.78, 5) is 0. The third kappa shape index (κ3) is 7.93. The fraction of sp³-hybridized carbons (Fsp3) is 0.200. The zero-order chi connectivity index (χ0) is 37.3. The Labute approximate surface area is 352 Å². The molecule has 4 aromatic rings. The average molecular weight is 875 g/mol. The molecule has 282 valence electrons. The minimum atomic E-state index is -2.44. The summed E-state index contributed by atoms with van der Waals surface area (Å²) in [6, 6.07) is 31.3. The normalized spacial score (nSPS) is 20.5. The molecule has 56 heavy (non-hydrogen) atoms. The summed E-state index contributed by atoms with van der Waals surface area (Å²) in [5.74, 6) is -0.361. The predicted molar refractivity (Wildman–Crippen MR) is 221 cm³/mol. The maximum Gasteiger partial charge on any atom is -1.00 e. The van der Waals surface area contributed by atoms with Gasteiger partial charge in [-0.25, -0.2) is 0 Å². The third-order valence-corrected chi connectivity index (χ3v) is 31.1. The van der Waals surface area contributed by atoms with Crippen LogP contribution in [0.2, 0.25) is 20.3 Å². The van der Waals surface area contributed by atoms with Crippen LogP contribution in [0.25, 0.3) is 22.3 Å². The van der Waals surface area contributed by atoms with Crippen LogP contribution in [0.4, 0.5) is 8.78 Å². The molecule has 4 aliphatic rings. The maximum atomic E-state index is 15.8. The van der Waals surface area contributed by atoms with Crippen molar-refractivity contribution in [3.8, 4) is 22.3 Å². The number of rotatable bonds is 8. The van der Waals surface area contributed by atoms with E-state index in [9.17, 15) is 0 Å². The number of halogens is 4. The topological polar surface area (TPSA) is 0 Å². The summed E-state index contributed by atoms with van der Waals surface area (Å²) < 4.78 is 32.6. The number of hydrogen-bond donors (Lipinski definition) is 0. The minimum absolute atomic E-state index is 0. The first-order valence-corrected chi connectivity index (χ1v) is 28.4. The van der Waals surface area contributed by atoms with E-state index in [0.717, 1.165) is 35.1 Å². The number of allylic oxidation sites excluding steroid dienone is 16. The van der Waals surface area contributed by atoms with E-state index in [4.69, 9.17) is 0 Å². The second kappa shape index (κ2) is 18.3. The molecule has 0 amide bonds. The molecule has 4 atom stereocenters. The van der Waals surface area contributed by atoms with Crippen LogP contribution in [0.3, 0.4) is 0 Å². The molecular weight excluding hydrogens is 829 g/mol. The van der Waals surface area contributed by atoms with Crippen molar-refractivity contribution in [3.63, 3.8) is 0 Å². The van der Waals surface area contributed by atoms with Crippen LogP contribution in [0, 0.1) is 11.6 Å². The zero-order valence-electron chi connectivity index (χ0n) is 32.2. The predicted octanol–water partition coefficient (Wildman–Crippen LogP) is 8.17. The van der Waals surface area contributed by atoms with Crippen LogP contribution < -0.4 is 24.8 Å². The molecule has 0 bridgehead atoms. The van der Waals surface area contributed by atoms with Gasteiger partial charge in [0, 0.05) is 0 Å². The standard InChI is InChI=1S/2C24H20F.C2H6Si.2ClH.Zr/c2*1-2-17-14-19-10-6-7-11-21(23(19)15-17)20-12-13-22(24(25)16-20)18-8-4-3-5-9-18;1-3-2;;;/h2*3-16,21H,2H2,1H3;1-2H3;2*1H;/q;;;;;+2/p-2. The van der Waals surface area contributed by atoms with Gasteiger partial charge in [-0.1, -0.05) is 0 Å².